The third-order valence-corrected chi connectivity index (χ3v) is 13.2. The van der Waals surface area contributed by atoms with Crippen molar-refractivity contribution < 1.29 is 38.0 Å². The van der Waals surface area contributed by atoms with Crippen molar-refractivity contribution in [1.29, 1.82) is 0 Å². The minimum absolute atomic E-state index is 0.0393. The van der Waals surface area contributed by atoms with Crippen LogP contribution in [-0.2, 0) is 28.5 Å². The highest BCUT2D eigenvalue weighted by atomic mass is 35.5. The number of carbonyl (C=O) groups is 2. The lowest BCUT2D eigenvalue weighted by Crippen LogP contribution is -2.30. The quantitative estimate of drug-likeness (QED) is 0.0368. The fourth-order valence-corrected chi connectivity index (χ4v) is 8.83. The minimum atomic E-state index is -0.663. The summed E-state index contributed by atoms with van der Waals surface area (Å²) in [5.74, 6) is -0.0203. The predicted molar refractivity (Wildman–Crippen MR) is 290 cm³/mol. The van der Waals surface area contributed by atoms with Gasteiger partial charge in [-0.15, -0.1) is 0 Å². The molecule has 0 aliphatic rings. The van der Waals surface area contributed by atoms with Crippen LogP contribution in [0.1, 0.15) is 233 Å². The maximum atomic E-state index is 12.6. The van der Waals surface area contributed by atoms with E-state index in [1.807, 2.05) is 24.3 Å². The number of hydrogen-bond donors (Lipinski definition) is 0. The largest absolute Gasteiger partial charge is 0.489 e. The number of ether oxygens (including phenoxy) is 6. The van der Waals surface area contributed by atoms with Crippen LogP contribution in [0.4, 0.5) is 0 Å². The molecular formula is C60H99ClO8. The molecule has 2 atom stereocenters. The molecule has 0 aliphatic carbocycles. The molecule has 0 bridgehead atoms. The Bertz CT molecular complexity index is 1630. The van der Waals surface area contributed by atoms with Gasteiger partial charge in [0, 0.05) is 41.2 Å². The Morgan fingerprint density at radius 3 is 1.13 bits per heavy atom. The number of unbranched alkanes of at least 4 members (excludes halogenated alkanes) is 30. The van der Waals surface area contributed by atoms with Gasteiger partial charge >= 0.3 is 11.9 Å². The molecule has 0 saturated carbocycles. The summed E-state index contributed by atoms with van der Waals surface area (Å²) in [5.41, 5.74) is 0.617. The van der Waals surface area contributed by atoms with Crippen molar-refractivity contribution in [2.24, 2.45) is 0 Å². The second-order valence-electron chi connectivity index (χ2n) is 19.7. The van der Waals surface area contributed by atoms with Gasteiger partial charge in [-0.3, -0.25) is 0 Å². The van der Waals surface area contributed by atoms with Crippen LogP contribution in [0.2, 0.25) is 5.02 Å². The van der Waals surface area contributed by atoms with Crippen molar-refractivity contribution in [3.05, 3.63) is 59.7 Å². The number of carbonyl (C=O) groups excluding carboxylic acids is 2. The molecule has 0 spiro atoms. The number of fused-ring (bicyclic) bond motifs is 1. The van der Waals surface area contributed by atoms with E-state index >= 15 is 0 Å². The minimum Gasteiger partial charge on any atom is -0.489 e. The third-order valence-electron chi connectivity index (χ3n) is 12.9. The average molecular weight is 984 g/mol. The van der Waals surface area contributed by atoms with Crippen molar-refractivity contribution in [3.8, 4) is 11.5 Å². The van der Waals surface area contributed by atoms with Gasteiger partial charge in [0.2, 0.25) is 0 Å². The van der Waals surface area contributed by atoms with Gasteiger partial charge in [-0.25, -0.2) is 9.59 Å². The Kier molecular flexibility index (Phi) is 38.3. The highest BCUT2D eigenvalue weighted by Gasteiger charge is 2.22. The number of rotatable bonds is 48. The summed E-state index contributed by atoms with van der Waals surface area (Å²) in [5, 5.41) is 1.83. The van der Waals surface area contributed by atoms with Crippen molar-refractivity contribution in [1.82, 2.24) is 0 Å². The second kappa shape index (κ2) is 42.6. The molecule has 0 N–H and O–H groups in total. The van der Waals surface area contributed by atoms with Gasteiger partial charge in [-0.05, 0) is 26.7 Å². The second-order valence-corrected chi connectivity index (χ2v) is 20.1. The molecule has 0 aromatic heterocycles. The topological polar surface area (TPSA) is 89.5 Å². The van der Waals surface area contributed by atoms with E-state index in [-0.39, 0.29) is 26.4 Å². The SMILES string of the molecule is C=C(C)C(=O)OC(COCCCCCCCCCCCCCCCCCC)COc1cc(Cl)c(OCC(COCCCCCCCCCCCCCCCCCC)OC(=O)C(=C)C)c2ccccc12. The van der Waals surface area contributed by atoms with Crippen LogP contribution in [0.15, 0.2) is 54.6 Å². The summed E-state index contributed by atoms with van der Waals surface area (Å²) in [7, 11) is 0. The molecule has 0 radical (unpaired) electrons. The van der Waals surface area contributed by atoms with Gasteiger partial charge in [-0.1, -0.05) is 255 Å². The van der Waals surface area contributed by atoms with Crippen LogP contribution in [0, 0.1) is 0 Å². The van der Waals surface area contributed by atoms with E-state index in [4.69, 9.17) is 40.0 Å². The summed E-state index contributed by atoms with van der Waals surface area (Å²) < 4.78 is 36.1. The Morgan fingerprint density at radius 1 is 0.464 bits per heavy atom. The lowest BCUT2D eigenvalue weighted by atomic mass is 10.0. The van der Waals surface area contributed by atoms with Crippen LogP contribution in [0.5, 0.6) is 11.5 Å². The summed E-state index contributed by atoms with van der Waals surface area (Å²) in [4.78, 5) is 25.2. The first-order chi connectivity index (χ1) is 33.7. The zero-order chi connectivity index (χ0) is 50.0. The summed E-state index contributed by atoms with van der Waals surface area (Å²) in [6.07, 6.45) is 40.8. The molecule has 0 amide bonds. The van der Waals surface area contributed by atoms with Crippen LogP contribution < -0.4 is 9.47 Å². The first-order valence-corrected chi connectivity index (χ1v) is 28.4. The van der Waals surface area contributed by atoms with Crippen molar-refractivity contribution in [3.63, 3.8) is 0 Å². The number of esters is 2. The van der Waals surface area contributed by atoms with Gasteiger partial charge in [-0.2, -0.15) is 0 Å². The van der Waals surface area contributed by atoms with E-state index in [0.717, 1.165) is 36.5 Å². The molecular weight excluding hydrogens is 884 g/mol. The van der Waals surface area contributed by atoms with Crippen LogP contribution in [-0.4, -0.2) is 63.8 Å². The smallest absolute Gasteiger partial charge is 0.333 e. The standard InChI is InChI=1S/C60H99ClO8/c1-7-9-11-13-15-17-19-21-23-25-27-29-31-33-35-39-43-64-46-52(68-59(62)50(3)4)48-66-57-45-56(61)58(55-42-38-37-41-54(55)57)67-49-53(69-60(63)51(5)6)47-65-44-40-36-34-32-30-28-26-24-22-20-18-16-14-12-10-8-2/h37-38,41-42,45,52-53H,3,5,7-36,39-40,43-44,46-49H2,1-2,4,6H3. The zero-order valence-electron chi connectivity index (χ0n) is 44.5. The lowest BCUT2D eigenvalue weighted by Gasteiger charge is -2.22. The predicted octanol–water partition coefficient (Wildman–Crippen LogP) is 17.8. The highest BCUT2D eigenvalue weighted by molar-refractivity contribution is 6.33. The Morgan fingerprint density at radius 2 is 0.783 bits per heavy atom. The molecule has 0 heterocycles. The van der Waals surface area contributed by atoms with Crippen LogP contribution >= 0.6 is 11.6 Å². The zero-order valence-corrected chi connectivity index (χ0v) is 45.2. The molecule has 2 aromatic carbocycles. The van der Waals surface area contributed by atoms with E-state index in [1.54, 1.807) is 19.9 Å². The summed E-state index contributed by atoms with van der Waals surface area (Å²) in [6.45, 7) is 17.0. The molecule has 2 rings (SSSR count). The maximum absolute atomic E-state index is 12.6. The highest BCUT2D eigenvalue weighted by Crippen LogP contribution is 2.40. The monoisotopic (exact) mass is 983 g/mol. The molecule has 394 valence electrons. The van der Waals surface area contributed by atoms with E-state index in [0.29, 0.717) is 40.9 Å². The molecule has 9 heteroatoms. The van der Waals surface area contributed by atoms with Gasteiger partial charge in [0.15, 0.2) is 12.2 Å². The normalized spacial score (nSPS) is 12.2. The van der Waals surface area contributed by atoms with Gasteiger partial charge in [0.25, 0.3) is 0 Å². The molecule has 2 aromatic rings. The van der Waals surface area contributed by atoms with Crippen LogP contribution in [0.3, 0.4) is 0 Å². The number of halogens is 1. The third kappa shape index (κ3) is 31.8. The molecule has 0 aliphatic heterocycles. The van der Waals surface area contributed by atoms with E-state index in [1.165, 1.54) is 180 Å². The van der Waals surface area contributed by atoms with E-state index in [2.05, 4.69) is 27.0 Å². The molecule has 0 fully saturated rings. The first-order valence-electron chi connectivity index (χ1n) is 28.0. The summed E-state index contributed by atoms with van der Waals surface area (Å²) >= 11 is 6.89. The van der Waals surface area contributed by atoms with Crippen molar-refractivity contribution >= 4 is 34.3 Å². The Hall–Kier alpha value is -3.07. The van der Waals surface area contributed by atoms with Crippen LogP contribution in [0.25, 0.3) is 10.8 Å². The van der Waals surface area contributed by atoms with Crippen molar-refractivity contribution in [2.75, 3.05) is 39.6 Å². The molecule has 0 saturated heterocycles. The summed E-state index contributed by atoms with van der Waals surface area (Å²) in [6, 6.07) is 9.36. The Balaban J connectivity index is 1.78. The molecule has 2 unspecified atom stereocenters. The lowest BCUT2D eigenvalue weighted by molar-refractivity contribution is -0.150. The molecule has 8 nitrogen and oxygen atoms in total. The number of hydrogen-bond acceptors (Lipinski definition) is 8. The van der Waals surface area contributed by atoms with Gasteiger partial charge < -0.3 is 28.4 Å². The molecule has 69 heavy (non-hydrogen) atoms. The average Bonchev–Trinajstić information content (AvgIpc) is 3.34. The maximum Gasteiger partial charge on any atom is 0.333 e. The fourth-order valence-electron chi connectivity index (χ4n) is 8.58. The van der Waals surface area contributed by atoms with Crippen molar-refractivity contribution in [2.45, 2.75) is 245 Å². The Labute approximate surface area is 426 Å². The van der Waals surface area contributed by atoms with E-state index in [9.17, 15) is 9.59 Å². The number of benzene rings is 2. The van der Waals surface area contributed by atoms with Gasteiger partial charge in [0.05, 0.1) is 18.2 Å². The van der Waals surface area contributed by atoms with Gasteiger partial charge in [0.1, 0.15) is 24.7 Å². The van der Waals surface area contributed by atoms with E-state index < -0.39 is 24.1 Å². The first kappa shape index (κ1) is 62.0. The fraction of sp³-hybridized carbons (Fsp3) is 0.733.